The molecule has 0 aromatic carbocycles. The highest BCUT2D eigenvalue weighted by molar-refractivity contribution is 7.89. The molecule has 2 aromatic rings. The van der Waals surface area contributed by atoms with E-state index < -0.39 is 10.0 Å². The maximum absolute atomic E-state index is 12.5. The molecule has 0 bridgehead atoms. The summed E-state index contributed by atoms with van der Waals surface area (Å²) in [4.78, 5) is 5.20. The molecule has 2 rings (SSSR count). The predicted molar refractivity (Wildman–Crippen MR) is 84.9 cm³/mol. The summed E-state index contributed by atoms with van der Waals surface area (Å²) in [6.45, 7) is 2.76. The van der Waals surface area contributed by atoms with Crippen molar-refractivity contribution in [2.75, 3.05) is 13.6 Å². The number of pyridine rings is 1. The molecule has 0 amide bonds. The lowest BCUT2D eigenvalue weighted by Gasteiger charge is -2.09. The smallest absolute Gasteiger partial charge is 0.241 e. The molecule has 0 aliphatic rings. The van der Waals surface area contributed by atoms with Gasteiger partial charge in [0.15, 0.2) is 0 Å². The van der Waals surface area contributed by atoms with E-state index in [1.807, 2.05) is 31.5 Å². The van der Waals surface area contributed by atoms with Crippen LogP contribution in [0.1, 0.15) is 16.0 Å². The highest BCUT2D eigenvalue weighted by Crippen LogP contribution is 2.26. The number of thiophene rings is 1. The topological polar surface area (TPSA) is 71.1 Å². The molecular formula is C14H19N3O2S2. The third-order valence-electron chi connectivity index (χ3n) is 3.05. The van der Waals surface area contributed by atoms with Crippen LogP contribution in [0.5, 0.6) is 0 Å². The zero-order chi connectivity index (χ0) is 15.3. The Morgan fingerprint density at radius 2 is 2.00 bits per heavy atom. The molecule has 2 N–H and O–H groups in total. The first-order valence-corrected chi connectivity index (χ1v) is 9.01. The van der Waals surface area contributed by atoms with Crippen molar-refractivity contribution >= 4 is 21.4 Å². The minimum atomic E-state index is -3.47. The maximum Gasteiger partial charge on any atom is 0.241 e. The van der Waals surface area contributed by atoms with Gasteiger partial charge in [-0.3, -0.25) is 4.98 Å². The Balaban J connectivity index is 2.07. The van der Waals surface area contributed by atoms with Crippen molar-refractivity contribution in [2.24, 2.45) is 0 Å². The van der Waals surface area contributed by atoms with Crippen LogP contribution in [0.2, 0.25) is 0 Å². The molecule has 5 nitrogen and oxygen atoms in total. The van der Waals surface area contributed by atoms with Crippen LogP contribution in [0.4, 0.5) is 0 Å². The second-order valence-corrected chi connectivity index (χ2v) is 7.37. The first-order valence-electron chi connectivity index (χ1n) is 6.64. The van der Waals surface area contributed by atoms with Crippen LogP contribution in [0.25, 0.3) is 0 Å². The molecule has 0 saturated heterocycles. The van der Waals surface area contributed by atoms with Gasteiger partial charge in [0.05, 0.1) is 0 Å². The van der Waals surface area contributed by atoms with E-state index in [1.54, 1.807) is 12.4 Å². The van der Waals surface area contributed by atoms with Crippen molar-refractivity contribution in [3.63, 3.8) is 0 Å². The van der Waals surface area contributed by atoms with E-state index >= 15 is 0 Å². The fourth-order valence-corrected chi connectivity index (χ4v) is 4.93. The van der Waals surface area contributed by atoms with E-state index in [0.29, 0.717) is 24.4 Å². The first kappa shape index (κ1) is 16.1. The monoisotopic (exact) mass is 325 g/mol. The van der Waals surface area contributed by atoms with Crippen LogP contribution in [-0.2, 0) is 23.0 Å². The van der Waals surface area contributed by atoms with E-state index in [4.69, 9.17) is 0 Å². The van der Waals surface area contributed by atoms with Gasteiger partial charge in [0.1, 0.15) is 4.90 Å². The number of aromatic nitrogens is 1. The summed E-state index contributed by atoms with van der Waals surface area (Å²) in [6.07, 6.45) is 4.06. The fourth-order valence-electron chi connectivity index (χ4n) is 2.08. The molecule has 0 unspecified atom stereocenters. The zero-order valence-electron chi connectivity index (χ0n) is 12.1. The third-order valence-corrected chi connectivity index (χ3v) is 5.97. The molecule has 0 radical (unpaired) electrons. The van der Waals surface area contributed by atoms with Crippen LogP contribution < -0.4 is 10.0 Å². The molecule has 0 spiro atoms. The van der Waals surface area contributed by atoms with E-state index in [0.717, 1.165) is 16.0 Å². The number of hydrogen-bond acceptors (Lipinski definition) is 5. The molecule has 7 heteroatoms. The lowest BCUT2D eigenvalue weighted by molar-refractivity contribution is 0.580. The van der Waals surface area contributed by atoms with Crippen LogP contribution >= 0.6 is 11.3 Å². The molecule has 2 aromatic heterocycles. The van der Waals surface area contributed by atoms with Gasteiger partial charge in [-0.2, -0.15) is 0 Å². The van der Waals surface area contributed by atoms with Crippen molar-refractivity contribution in [1.82, 2.24) is 15.0 Å². The van der Waals surface area contributed by atoms with E-state index in [2.05, 4.69) is 15.0 Å². The third kappa shape index (κ3) is 4.10. The molecule has 0 fully saturated rings. The van der Waals surface area contributed by atoms with Crippen molar-refractivity contribution in [3.05, 3.63) is 45.9 Å². The van der Waals surface area contributed by atoms with Gasteiger partial charge < -0.3 is 5.32 Å². The minimum Gasteiger partial charge on any atom is -0.315 e. The number of nitrogens with one attached hydrogen (secondary N) is 2. The van der Waals surface area contributed by atoms with Gasteiger partial charge in [-0.05, 0) is 49.0 Å². The Bertz CT molecular complexity index is 681. The Kier molecular flexibility index (Phi) is 5.46. The summed E-state index contributed by atoms with van der Waals surface area (Å²) < 4.78 is 27.6. The molecule has 0 atom stereocenters. The lowest BCUT2D eigenvalue weighted by Crippen LogP contribution is -2.27. The number of hydrogen-bond donors (Lipinski definition) is 2. The largest absolute Gasteiger partial charge is 0.315 e. The predicted octanol–water partition coefficient (Wildman–Crippen LogP) is 1.69. The Hall–Kier alpha value is -1.28. The van der Waals surface area contributed by atoms with Crippen LogP contribution in [0.15, 0.2) is 34.8 Å². The molecule has 0 aliphatic heterocycles. The molecule has 21 heavy (non-hydrogen) atoms. The highest BCUT2D eigenvalue weighted by atomic mass is 32.2. The van der Waals surface area contributed by atoms with Gasteiger partial charge >= 0.3 is 0 Å². The van der Waals surface area contributed by atoms with E-state index in [9.17, 15) is 8.42 Å². The van der Waals surface area contributed by atoms with Crippen LogP contribution in [-0.4, -0.2) is 27.0 Å². The van der Waals surface area contributed by atoms with Gasteiger partial charge in [-0.1, -0.05) is 0 Å². The summed E-state index contributed by atoms with van der Waals surface area (Å²) >= 11 is 1.47. The Labute approximate surface area is 129 Å². The second-order valence-electron chi connectivity index (χ2n) is 4.70. The minimum absolute atomic E-state index is 0.376. The maximum atomic E-state index is 12.5. The van der Waals surface area contributed by atoms with Crippen LogP contribution in [0, 0.1) is 6.92 Å². The summed E-state index contributed by atoms with van der Waals surface area (Å²) in [5.74, 6) is 0. The summed E-state index contributed by atoms with van der Waals surface area (Å²) in [5.41, 5.74) is 1.85. The fraction of sp³-hybridized carbons (Fsp3) is 0.357. The number of rotatable bonds is 7. The molecule has 0 saturated carbocycles. The molecule has 2 heterocycles. The van der Waals surface area contributed by atoms with Gasteiger partial charge in [0.2, 0.25) is 10.0 Å². The summed E-state index contributed by atoms with van der Waals surface area (Å²) in [6, 6.07) is 3.77. The average Bonchev–Trinajstić information content (AvgIpc) is 2.82. The van der Waals surface area contributed by atoms with Gasteiger partial charge in [-0.25, -0.2) is 13.1 Å². The Morgan fingerprint density at radius 3 is 2.67 bits per heavy atom. The second kappa shape index (κ2) is 7.13. The molecular weight excluding hydrogens is 306 g/mol. The molecule has 0 aliphatic carbocycles. The normalized spacial score (nSPS) is 11.7. The summed E-state index contributed by atoms with van der Waals surface area (Å²) in [5, 5.41) is 4.88. The van der Waals surface area contributed by atoms with Crippen molar-refractivity contribution < 1.29 is 8.42 Å². The lowest BCUT2D eigenvalue weighted by atomic mass is 10.2. The van der Waals surface area contributed by atoms with Gasteiger partial charge in [0.25, 0.3) is 0 Å². The average molecular weight is 325 g/mol. The SMILES string of the molecule is CNCc1scc(C)c1S(=O)(=O)NCCc1ccncc1. The number of nitrogens with zero attached hydrogens (tertiary/aromatic N) is 1. The van der Waals surface area contributed by atoms with Gasteiger partial charge in [-0.15, -0.1) is 11.3 Å². The number of aryl methyl sites for hydroxylation is 1. The van der Waals surface area contributed by atoms with Crippen molar-refractivity contribution in [2.45, 2.75) is 24.8 Å². The first-order chi connectivity index (χ1) is 10.0. The number of sulfonamides is 1. The quantitative estimate of drug-likeness (QED) is 0.813. The van der Waals surface area contributed by atoms with E-state index in [-0.39, 0.29) is 0 Å². The summed E-state index contributed by atoms with van der Waals surface area (Å²) in [7, 11) is -1.66. The van der Waals surface area contributed by atoms with Gasteiger partial charge in [0, 0.05) is 30.4 Å². The van der Waals surface area contributed by atoms with Crippen molar-refractivity contribution in [1.29, 1.82) is 0 Å². The van der Waals surface area contributed by atoms with E-state index in [1.165, 1.54) is 11.3 Å². The van der Waals surface area contributed by atoms with Crippen LogP contribution in [0.3, 0.4) is 0 Å². The zero-order valence-corrected chi connectivity index (χ0v) is 13.7. The van der Waals surface area contributed by atoms with Crippen molar-refractivity contribution in [3.8, 4) is 0 Å². The highest BCUT2D eigenvalue weighted by Gasteiger charge is 2.22. The molecule has 114 valence electrons. The standard InChI is InChI=1S/C14H19N3O2S2/c1-11-10-20-13(9-15-2)14(11)21(18,19)17-8-5-12-3-6-16-7-4-12/h3-4,6-7,10,15,17H,5,8-9H2,1-2H3. The Morgan fingerprint density at radius 1 is 1.29 bits per heavy atom.